The minimum Gasteiger partial charge on any atom is -0.486 e. The van der Waals surface area contributed by atoms with Gasteiger partial charge in [-0.05, 0) is 44.9 Å². The van der Waals surface area contributed by atoms with E-state index in [-0.39, 0.29) is 0 Å². The molecule has 2 aromatic rings. The van der Waals surface area contributed by atoms with Crippen molar-refractivity contribution in [2.75, 3.05) is 19.8 Å². The molecule has 20 heavy (non-hydrogen) atoms. The normalized spacial score (nSPS) is 14.2. The fraction of sp³-hybridized carbons (Fsp3) is 0.500. The van der Waals surface area contributed by atoms with Crippen LogP contribution in [0.1, 0.15) is 31.9 Å². The standard InChI is InChI=1S/C16H22N2O2/c1-11(2)18-10-12(4-3-5-17)13-8-15-16(9-14(13)18)20-7-6-19-15/h8-11H,3-7,17H2,1-2H3. The van der Waals surface area contributed by atoms with E-state index in [1.807, 2.05) is 0 Å². The van der Waals surface area contributed by atoms with E-state index in [0.717, 1.165) is 30.9 Å². The summed E-state index contributed by atoms with van der Waals surface area (Å²) < 4.78 is 13.7. The van der Waals surface area contributed by atoms with E-state index >= 15 is 0 Å². The maximum Gasteiger partial charge on any atom is 0.163 e. The van der Waals surface area contributed by atoms with Crippen molar-refractivity contribution in [2.45, 2.75) is 32.7 Å². The molecule has 2 N–H and O–H groups in total. The van der Waals surface area contributed by atoms with Crippen molar-refractivity contribution >= 4 is 10.9 Å². The van der Waals surface area contributed by atoms with Gasteiger partial charge in [0.1, 0.15) is 13.2 Å². The lowest BCUT2D eigenvalue weighted by atomic mass is 10.1. The predicted molar refractivity (Wildman–Crippen MR) is 80.7 cm³/mol. The van der Waals surface area contributed by atoms with Crippen molar-refractivity contribution in [1.29, 1.82) is 0 Å². The number of hydrogen-bond donors (Lipinski definition) is 1. The number of nitrogens with two attached hydrogens (primary N) is 1. The summed E-state index contributed by atoms with van der Waals surface area (Å²) in [4.78, 5) is 0. The monoisotopic (exact) mass is 274 g/mol. The van der Waals surface area contributed by atoms with Gasteiger partial charge in [0.25, 0.3) is 0 Å². The fourth-order valence-electron chi connectivity index (χ4n) is 2.77. The molecule has 108 valence electrons. The van der Waals surface area contributed by atoms with Crippen molar-refractivity contribution in [3.8, 4) is 11.5 Å². The van der Waals surface area contributed by atoms with Gasteiger partial charge in [0, 0.05) is 23.7 Å². The highest BCUT2D eigenvalue weighted by molar-refractivity contribution is 5.87. The van der Waals surface area contributed by atoms with Crippen molar-refractivity contribution in [1.82, 2.24) is 4.57 Å². The Kier molecular flexibility index (Phi) is 3.57. The second-order valence-corrected chi connectivity index (χ2v) is 5.56. The van der Waals surface area contributed by atoms with Gasteiger partial charge in [0.2, 0.25) is 0 Å². The molecule has 1 aromatic carbocycles. The van der Waals surface area contributed by atoms with Crippen LogP contribution in [0.5, 0.6) is 11.5 Å². The Bertz CT molecular complexity index is 616. The number of benzene rings is 1. The molecule has 0 saturated carbocycles. The van der Waals surface area contributed by atoms with Gasteiger partial charge < -0.3 is 19.8 Å². The molecule has 1 aliphatic heterocycles. The molecule has 3 rings (SSSR count). The molecule has 1 aromatic heterocycles. The summed E-state index contributed by atoms with van der Waals surface area (Å²) in [6.07, 6.45) is 4.26. The molecule has 0 unspecified atom stereocenters. The van der Waals surface area contributed by atoms with Gasteiger partial charge in [-0.15, -0.1) is 0 Å². The number of hydrogen-bond acceptors (Lipinski definition) is 3. The first-order valence-electron chi connectivity index (χ1n) is 7.34. The zero-order valence-corrected chi connectivity index (χ0v) is 12.2. The van der Waals surface area contributed by atoms with E-state index in [2.05, 4.69) is 36.7 Å². The first-order valence-corrected chi connectivity index (χ1v) is 7.34. The first kappa shape index (κ1) is 13.3. The van der Waals surface area contributed by atoms with Crippen LogP contribution in [0.2, 0.25) is 0 Å². The number of nitrogens with zero attached hydrogens (tertiary/aromatic N) is 1. The Labute approximate surface area is 119 Å². The number of ether oxygens (including phenoxy) is 2. The summed E-state index contributed by atoms with van der Waals surface area (Å²) in [5, 5.41) is 1.26. The van der Waals surface area contributed by atoms with Crippen molar-refractivity contribution in [3.63, 3.8) is 0 Å². The summed E-state index contributed by atoms with van der Waals surface area (Å²) in [6, 6.07) is 4.65. The van der Waals surface area contributed by atoms with E-state index in [4.69, 9.17) is 15.2 Å². The predicted octanol–water partition coefficient (Wildman–Crippen LogP) is 2.88. The Balaban J connectivity index is 2.14. The van der Waals surface area contributed by atoms with Gasteiger partial charge >= 0.3 is 0 Å². The molecule has 0 bridgehead atoms. The van der Waals surface area contributed by atoms with Crippen LogP contribution in [0.4, 0.5) is 0 Å². The zero-order valence-electron chi connectivity index (χ0n) is 12.2. The van der Waals surface area contributed by atoms with Gasteiger partial charge in [-0.1, -0.05) is 0 Å². The molecule has 1 aliphatic rings. The summed E-state index contributed by atoms with van der Waals surface area (Å²) in [6.45, 7) is 6.37. The molecular formula is C16H22N2O2. The summed E-state index contributed by atoms with van der Waals surface area (Å²) in [5.41, 5.74) is 8.21. The fourth-order valence-corrected chi connectivity index (χ4v) is 2.77. The second-order valence-electron chi connectivity index (χ2n) is 5.56. The molecule has 0 spiro atoms. The molecular weight excluding hydrogens is 252 g/mol. The molecule has 4 nitrogen and oxygen atoms in total. The number of rotatable bonds is 4. The minimum atomic E-state index is 0.423. The van der Waals surface area contributed by atoms with E-state index in [0.29, 0.717) is 19.3 Å². The van der Waals surface area contributed by atoms with Crippen LogP contribution in [0, 0.1) is 0 Å². The highest BCUT2D eigenvalue weighted by Crippen LogP contribution is 2.37. The quantitative estimate of drug-likeness (QED) is 0.932. The lowest BCUT2D eigenvalue weighted by molar-refractivity contribution is 0.172. The van der Waals surface area contributed by atoms with E-state index in [9.17, 15) is 0 Å². The van der Waals surface area contributed by atoms with Crippen molar-refractivity contribution < 1.29 is 9.47 Å². The molecule has 0 saturated heterocycles. The Hall–Kier alpha value is -1.68. The maximum atomic E-state index is 5.70. The molecule has 2 heterocycles. The largest absolute Gasteiger partial charge is 0.486 e. The third-order valence-electron chi connectivity index (χ3n) is 3.79. The third-order valence-corrected chi connectivity index (χ3v) is 3.79. The SMILES string of the molecule is CC(C)n1cc(CCCN)c2cc3c(cc21)OCCO3. The average molecular weight is 274 g/mol. The molecule has 0 amide bonds. The van der Waals surface area contributed by atoms with E-state index in [1.165, 1.54) is 16.5 Å². The van der Waals surface area contributed by atoms with Crippen molar-refractivity contribution in [2.24, 2.45) is 5.73 Å². The minimum absolute atomic E-state index is 0.423. The highest BCUT2D eigenvalue weighted by Gasteiger charge is 2.17. The van der Waals surface area contributed by atoms with Gasteiger partial charge in [-0.25, -0.2) is 0 Å². The lowest BCUT2D eigenvalue weighted by Crippen LogP contribution is -2.15. The topological polar surface area (TPSA) is 49.4 Å². The zero-order chi connectivity index (χ0) is 14.1. The van der Waals surface area contributed by atoms with E-state index < -0.39 is 0 Å². The average Bonchev–Trinajstić information content (AvgIpc) is 2.81. The number of aromatic nitrogens is 1. The molecule has 0 fully saturated rings. The maximum absolute atomic E-state index is 5.70. The highest BCUT2D eigenvalue weighted by atomic mass is 16.6. The van der Waals surface area contributed by atoms with Gasteiger partial charge in [-0.2, -0.15) is 0 Å². The smallest absolute Gasteiger partial charge is 0.163 e. The van der Waals surface area contributed by atoms with Crippen LogP contribution < -0.4 is 15.2 Å². The van der Waals surface area contributed by atoms with Crippen LogP contribution >= 0.6 is 0 Å². The number of aryl methyl sites for hydroxylation is 1. The second kappa shape index (κ2) is 5.37. The van der Waals surface area contributed by atoms with Gasteiger partial charge in [-0.3, -0.25) is 0 Å². The molecule has 0 atom stereocenters. The van der Waals surface area contributed by atoms with Gasteiger partial charge in [0.05, 0.1) is 5.52 Å². The molecule has 0 aliphatic carbocycles. The van der Waals surface area contributed by atoms with Crippen molar-refractivity contribution in [3.05, 3.63) is 23.9 Å². The molecule has 4 heteroatoms. The Morgan fingerprint density at radius 3 is 2.55 bits per heavy atom. The summed E-state index contributed by atoms with van der Waals surface area (Å²) in [7, 11) is 0. The van der Waals surface area contributed by atoms with Crippen LogP contribution in [0.25, 0.3) is 10.9 Å². The van der Waals surface area contributed by atoms with E-state index in [1.54, 1.807) is 0 Å². The molecule has 0 radical (unpaired) electrons. The summed E-state index contributed by atoms with van der Waals surface area (Å²) in [5.74, 6) is 1.72. The van der Waals surface area contributed by atoms with Crippen LogP contribution in [-0.2, 0) is 6.42 Å². The Morgan fingerprint density at radius 2 is 1.90 bits per heavy atom. The van der Waals surface area contributed by atoms with Crippen LogP contribution in [0.3, 0.4) is 0 Å². The van der Waals surface area contributed by atoms with Gasteiger partial charge in [0.15, 0.2) is 11.5 Å². The van der Waals surface area contributed by atoms with Crippen LogP contribution in [-0.4, -0.2) is 24.3 Å². The lowest BCUT2D eigenvalue weighted by Gasteiger charge is -2.19. The number of fused-ring (bicyclic) bond motifs is 2. The van der Waals surface area contributed by atoms with Crippen LogP contribution in [0.15, 0.2) is 18.3 Å². The third kappa shape index (κ3) is 2.24. The summed E-state index contributed by atoms with van der Waals surface area (Å²) >= 11 is 0. The Morgan fingerprint density at radius 1 is 1.20 bits per heavy atom. The first-order chi connectivity index (χ1) is 9.70.